The first-order chi connectivity index (χ1) is 9.52. The van der Waals surface area contributed by atoms with E-state index in [1.54, 1.807) is 13.3 Å². The van der Waals surface area contributed by atoms with Gasteiger partial charge in [-0.3, -0.25) is 0 Å². The van der Waals surface area contributed by atoms with Gasteiger partial charge in [-0.1, -0.05) is 17.7 Å². The molecule has 0 bridgehead atoms. The van der Waals surface area contributed by atoms with Gasteiger partial charge in [0.2, 0.25) is 5.88 Å². The van der Waals surface area contributed by atoms with Gasteiger partial charge in [0, 0.05) is 18.2 Å². The second-order valence-electron chi connectivity index (χ2n) is 5.20. The molecule has 0 aliphatic heterocycles. The van der Waals surface area contributed by atoms with Crippen LogP contribution in [-0.4, -0.2) is 17.2 Å². The summed E-state index contributed by atoms with van der Waals surface area (Å²) in [5, 5.41) is 10.5. The molecule has 2 rings (SSSR count). The summed E-state index contributed by atoms with van der Waals surface area (Å²) < 4.78 is 5.21. The number of aryl methyl sites for hydroxylation is 3. The fourth-order valence-electron chi connectivity index (χ4n) is 2.66. The molecule has 106 valence electrons. The van der Waals surface area contributed by atoms with Crippen LogP contribution in [0.15, 0.2) is 30.5 Å². The van der Waals surface area contributed by atoms with Crippen LogP contribution in [-0.2, 0) is 6.42 Å². The number of aliphatic hydroxyl groups excluding tert-OH is 1. The van der Waals surface area contributed by atoms with Gasteiger partial charge in [0.05, 0.1) is 13.2 Å². The lowest BCUT2D eigenvalue weighted by molar-refractivity contribution is 0.172. The SMILES string of the molecule is COc1ncccc1C(O)Cc1c(C)cc(C)cc1C. The number of hydrogen-bond acceptors (Lipinski definition) is 3. The zero-order chi connectivity index (χ0) is 14.7. The van der Waals surface area contributed by atoms with Crippen LogP contribution in [0.1, 0.15) is 33.9 Å². The lowest BCUT2D eigenvalue weighted by Gasteiger charge is -2.17. The van der Waals surface area contributed by atoms with Gasteiger partial charge < -0.3 is 9.84 Å². The normalized spacial score (nSPS) is 12.2. The smallest absolute Gasteiger partial charge is 0.218 e. The first-order valence-corrected chi connectivity index (χ1v) is 6.76. The van der Waals surface area contributed by atoms with Crippen LogP contribution < -0.4 is 4.74 Å². The minimum atomic E-state index is -0.612. The highest BCUT2D eigenvalue weighted by molar-refractivity contribution is 5.39. The number of ether oxygens (including phenoxy) is 1. The summed E-state index contributed by atoms with van der Waals surface area (Å²) in [4.78, 5) is 4.14. The molecule has 0 fully saturated rings. The predicted molar refractivity (Wildman–Crippen MR) is 80.1 cm³/mol. The van der Waals surface area contributed by atoms with E-state index in [1.807, 2.05) is 12.1 Å². The molecule has 0 saturated heterocycles. The Bertz CT molecular complexity index is 585. The van der Waals surface area contributed by atoms with E-state index in [4.69, 9.17) is 4.74 Å². The number of pyridine rings is 1. The van der Waals surface area contributed by atoms with E-state index >= 15 is 0 Å². The Labute approximate surface area is 120 Å². The number of methoxy groups -OCH3 is 1. The number of aliphatic hydroxyl groups is 1. The van der Waals surface area contributed by atoms with Gasteiger partial charge in [-0.15, -0.1) is 0 Å². The lowest BCUT2D eigenvalue weighted by atomic mass is 9.93. The van der Waals surface area contributed by atoms with Crippen molar-refractivity contribution in [2.45, 2.75) is 33.3 Å². The zero-order valence-corrected chi connectivity index (χ0v) is 12.5. The van der Waals surface area contributed by atoms with E-state index < -0.39 is 6.10 Å². The van der Waals surface area contributed by atoms with E-state index in [2.05, 4.69) is 37.9 Å². The Morgan fingerprint density at radius 2 is 1.85 bits per heavy atom. The Morgan fingerprint density at radius 3 is 2.45 bits per heavy atom. The van der Waals surface area contributed by atoms with Crippen molar-refractivity contribution in [3.63, 3.8) is 0 Å². The van der Waals surface area contributed by atoms with Gasteiger partial charge in [0.15, 0.2) is 0 Å². The summed E-state index contributed by atoms with van der Waals surface area (Å²) >= 11 is 0. The number of nitrogens with zero attached hydrogens (tertiary/aromatic N) is 1. The largest absolute Gasteiger partial charge is 0.481 e. The average Bonchev–Trinajstić information content (AvgIpc) is 2.42. The van der Waals surface area contributed by atoms with Crippen molar-refractivity contribution >= 4 is 0 Å². The standard InChI is InChI=1S/C17H21NO2/c1-11-8-12(2)15(13(3)9-11)10-16(19)14-6-5-7-18-17(14)20-4/h5-9,16,19H,10H2,1-4H3. The van der Waals surface area contributed by atoms with Gasteiger partial charge in [-0.2, -0.15) is 0 Å². The third kappa shape index (κ3) is 2.99. The highest BCUT2D eigenvalue weighted by Crippen LogP contribution is 2.28. The Hall–Kier alpha value is -1.87. The monoisotopic (exact) mass is 271 g/mol. The fraction of sp³-hybridized carbons (Fsp3) is 0.353. The third-order valence-corrected chi connectivity index (χ3v) is 3.59. The maximum absolute atomic E-state index is 10.5. The highest BCUT2D eigenvalue weighted by Gasteiger charge is 2.16. The van der Waals surface area contributed by atoms with Gasteiger partial charge in [-0.25, -0.2) is 4.98 Å². The summed E-state index contributed by atoms with van der Waals surface area (Å²) in [6, 6.07) is 7.97. The molecule has 0 aliphatic carbocycles. The van der Waals surface area contributed by atoms with Gasteiger partial charge in [0.1, 0.15) is 0 Å². The van der Waals surface area contributed by atoms with E-state index in [0.29, 0.717) is 12.3 Å². The lowest BCUT2D eigenvalue weighted by Crippen LogP contribution is -2.07. The van der Waals surface area contributed by atoms with Crippen LogP contribution in [0.4, 0.5) is 0 Å². The summed E-state index contributed by atoms with van der Waals surface area (Å²) in [6.45, 7) is 6.26. The molecule has 1 unspecified atom stereocenters. The zero-order valence-electron chi connectivity index (χ0n) is 12.5. The quantitative estimate of drug-likeness (QED) is 0.927. The van der Waals surface area contributed by atoms with Crippen molar-refractivity contribution in [3.05, 3.63) is 58.3 Å². The number of benzene rings is 1. The summed E-state index contributed by atoms with van der Waals surface area (Å²) in [5.41, 5.74) is 5.59. The van der Waals surface area contributed by atoms with Gasteiger partial charge in [-0.05, 0) is 49.6 Å². The summed E-state index contributed by atoms with van der Waals surface area (Å²) in [5.74, 6) is 0.488. The molecule has 1 heterocycles. The van der Waals surface area contributed by atoms with Crippen LogP contribution in [0.25, 0.3) is 0 Å². The minimum Gasteiger partial charge on any atom is -0.481 e. The molecule has 20 heavy (non-hydrogen) atoms. The minimum absolute atomic E-state index is 0.488. The van der Waals surface area contributed by atoms with Gasteiger partial charge in [0.25, 0.3) is 0 Å². The van der Waals surface area contributed by atoms with Gasteiger partial charge >= 0.3 is 0 Å². The molecular formula is C17H21NO2. The van der Waals surface area contributed by atoms with Crippen LogP contribution >= 0.6 is 0 Å². The molecule has 1 atom stereocenters. The van der Waals surface area contributed by atoms with Crippen molar-refractivity contribution in [1.29, 1.82) is 0 Å². The van der Waals surface area contributed by atoms with Crippen LogP contribution in [0.3, 0.4) is 0 Å². The van der Waals surface area contributed by atoms with Crippen molar-refractivity contribution in [2.75, 3.05) is 7.11 Å². The second kappa shape index (κ2) is 6.06. The first kappa shape index (κ1) is 14.5. The Morgan fingerprint density at radius 1 is 1.20 bits per heavy atom. The topological polar surface area (TPSA) is 42.4 Å². The van der Waals surface area contributed by atoms with E-state index in [-0.39, 0.29) is 0 Å². The van der Waals surface area contributed by atoms with E-state index in [9.17, 15) is 5.11 Å². The molecule has 0 saturated carbocycles. The van der Waals surface area contributed by atoms with Crippen LogP contribution in [0.5, 0.6) is 5.88 Å². The highest BCUT2D eigenvalue weighted by atomic mass is 16.5. The summed E-state index contributed by atoms with van der Waals surface area (Å²) in [7, 11) is 1.57. The van der Waals surface area contributed by atoms with Crippen LogP contribution in [0, 0.1) is 20.8 Å². The molecule has 0 aliphatic rings. The molecular weight excluding hydrogens is 250 g/mol. The second-order valence-corrected chi connectivity index (χ2v) is 5.20. The van der Waals surface area contributed by atoms with E-state index in [1.165, 1.54) is 22.3 Å². The molecule has 0 amide bonds. The molecule has 2 aromatic rings. The summed E-state index contributed by atoms with van der Waals surface area (Å²) in [6.07, 6.45) is 1.62. The fourth-order valence-corrected chi connectivity index (χ4v) is 2.66. The molecule has 0 radical (unpaired) electrons. The molecule has 3 heteroatoms. The van der Waals surface area contributed by atoms with Crippen molar-refractivity contribution in [2.24, 2.45) is 0 Å². The predicted octanol–water partition coefficient (Wildman–Crippen LogP) is 3.29. The maximum atomic E-state index is 10.5. The molecule has 1 N–H and O–H groups in total. The van der Waals surface area contributed by atoms with Crippen LogP contribution in [0.2, 0.25) is 0 Å². The number of hydrogen-bond donors (Lipinski definition) is 1. The third-order valence-electron chi connectivity index (χ3n) is 3.59. The molecule has 0 spiro atoms. The average molecular weight is 271 g/mol. The first-order valence-electron chi connectivity index (χ1n) is 6.76. The Kier molecular flexibility index (Phi) is 4.40. The molecule has 3 nitrogen and oxygen atoms in total. The van der Waals surface area contributed by atoms with Crippen molar-refractivity contribution in [3.8, 4) is 5.88 Å². The Balaban J connectivity index is 2.30. The van der Waals surface area contributed by atoms with Crippen molar-refractivity contribution in [1.82, 2.24) is 4.98 Å². The number of rotatable bonds is 4. The van der Waals surface area contributed by atoms with Crippen molar-refractivity contribution < 1.29 is 9.84 Å². The van der Waals surface area contributed by atoms with E-state index in [0.717, 1.165) is 5.56 Å². The molecule has 1 aromatic heterocycles. The maximum Gasteiger partial charge on any atom is 0.218 e. The number of aromatic nitrogens is 1. The molecule has 1 aromatic carbocycles.